The summed E-state index contributed by atoms with van der Waals surface area (Å²) >= 11 is 0. The molecular weight excluding hydrogens is 256 g/mol. The Labute approximate surface area is 119 Å². The summed E-state index contributed by atoms with van der Waals surface area (Å²) in [6.45, 7) is 3.73. The summed E-state index contributed by atoms with van der Waals surface area (Å²) in [4.78, 5) is 15.7. The number of aliphatic hydroxyl groups is 1. The van der Waals surface area contributed by atoms with Crippen molar-refractivity contribution < 1.29 is 14.6 Å². The lowest BCUT2D eigenvalue weighted by molar-refractivity contribution is -0.137. The summed E-state index contributed by atoms with van der Waals surface area (Å²) in [5, 5.41) is 10.2. The average Bonchev–Trinajstić information content (AvgIpc) is 2.49. The Morgan fingerprint density at radius 2 is 1.90 bits per heavy atom. The number of amides is 1. The molecule has 5 nitrogen and oxygen atoms in total. The van der Waals surface area contributed by atoms with Gasteiger partial charge in [-0.25, -0.2) is 0 Å². The standard InChI is InChI=1S/C15H22N2O3/c1-20-12-15(19)17-9-7-16(8-10-17)11-14(18)13-5-3-2-4-6-13/h2-6,14,18H,7-12H2,1H3/t14-/m1/s1. The second-order valence-corrected chi connectivity index (χ2v) is 5.04. The molecule has 1 N–H and O–H groups in total. The topological polar surface area (TPSA) is 53.0 Å². The van der Waals surface area contributed by atoms with Crippen molar-refractivity contribution >= 4 is 5.91 Å². The van der Waals surface area contributed by atoms with E-state index in [4.69, 9.17) is 4.74 Å². The molecule has 1 atom stereocenters. The Morgan fingerprint density at radius 3 is 2.50 bits per heavy atom. The van der Waals surface area contributed by atoms with Crippen LogP contribution in [0.4, 0.5) is 0 Å². The lowest BCUT2D eigenvalue weighted by atomic mass is 10.1. The van der Waals surface area contributed by atoms with Gasteiger partial charge in [0.25, 0.3) is 0 Å². The molecule has 5 heteroatoms. The van der Waals surface area contributed by atoms with Crippen molar-refractivity contribution in [3.05, 3.63) is 35.9 Å². The number of ether oxygens (including phenoxy) is 1. The van der Waals surface area contributed by atoms with Crippen LogP contribution in [0, 0.1) is 0 Å². The first-order valence-corrected chi connectivity index (χ1v) is 6.93. The summed E-state index contributed by atoms with van der Waals surface area (Å²) < 4.78 is 4.86. The lowest BCUT2D eigenvalue weighted by Crippen LogP contribution is -2.50. The van der Waals surface area contributed by atoms with E-state index in [1.54, 1.807) is 0 Å². The highest BCUT2D eigenvalue weighted by molar-refractivity contribution is 5.77. The molecule has 1 aromatic rings. The van der Waals surface area contributed by atoms with Crippen LogP contribution in [0.1, 0.15) is 11.7 Å². The normalized spacial score (nSPS) is 18.0. The molecule has 1 saturated heterocycles. The summed E-state index contributed by atoms with van der Waals surface area (Å²) in [5.41, 5.74) is 0.936. The smallest absolute Gasteiger partial charge is 0.248 e. The maximum absolute atomic E-state index is 11.7. The first-order chi connectivity index (χ1) is 9.70. The van der Waals surface area contributed by atoms with Crippen molar-refractivity contribution in [1.29, 1.82) is 0 Å². The molecule has 1 amide bonds. The number of nitrogens with zero attached hydrogens (tertiary/aromatic N) is 2. The minimum absolute atomic E-state index is 0.0377. The van der Waals surface area contributed by atoms with Crippen LogP contribution in [-0.4, -0.2) is 67.3 Å². The Morgan fingerprint density at radius 1 is 1.25 bits per heavy atom. The van der Waals surface area contributed by atoms with E-state index in [0.29, 0.717) is 19.6 Å². The second-order valence-electron chi connectivity index (χ2n) is 5.04. The van der Waals surface area contributed by atoms with E-state index < -0.39 is 6.10 Å². The Kier molecular flexibility index (Phi) is 5.52. The molecular formula is C15H22N2O3. The maximum atomic E-state index is 11.7. The Bertz CT molecular complexity index is 416. The third-order valence-corrected chi connectivity index (χ3v) is 3.61. The van der Waals surface area contributed by atoms with Gasteiger partial charge < -0.3 is 14.7 Å². The molecule has 0 aromatic heterocycles. The van der Waals surface area contributed by atoms with Gasteiger partial charge >= 0.3 is 0 Å². The molecule has 0 unspecified atom stereocenters. The highest BCUT2D eigenvalue weighted by Gasteiger charge is 2.22. The molecule has 0 radical (unpaired) electrons. The SMILES string of the molecule is COCC(=O)N1CCN(C[C@@H](O)c2ccccc2)CC1. The van der Waals surface area contributed by atoms with E-state index in [0.717, 1.165) is 18.7 Å². The van der Waals surface area contributed by atoms with Crippen LogP contribution in [0.2, 0.25) is 0 Å². The summed E-state index contributed by atoms with van der Waals surface area (Å²) in [7, 11) is 1.53. The number of piperazine rings is 1. The third kappa shape index (κ3) is 4.03. The fourth-order valence-corrected chi connectivity index (χ4v) is 2.42. The monoisotopic (exact) mass is 278 g/mol. The lowest BCUT2D eigenvalue weighted by Gasteiger charge is -2.35. The van der Waals surface area contributed by atoms with Gasteiger partial charge in [0.05, 0.1) is 6.10 Å². The predicted molar refractivity (Wildman–Crippen MR) is 76.3 cm³/mol. The first kappa shape index (κ1) is 15.0. The molecule has 0 saturated carbocycles. The van der Waals surface area contributed by atoms with Crippen molar-refractivity contribution in [2.45, 2.75) is 6.10 Å². The van der Waals surface area contributed by atoms with E-state index in [9.17, 15) is 9.90 Å². The van der Waals surface area contributed by atoms with Gasteiger partial charge in [0.2, 0.25) is 5.91 Å². The number of rotatable bonds is 5. The number of methoxy groups -OCH3 is 1. The molecule has 20 heavy (non-hydrogen) atoms. The number of hydrogen-bond acceptors (Lipinski definition) is 4. The zero-order chi connectivity index (χ0) is 14.4. The van der Waals surface area contributed by atoms with E-state index in [1.807, 2.05) is 35.2 Å². The van der Waals surface area contributed by atoms with Crippen molar-refractivity contribution in [3.63, 3.8) is 0 Å². The fourth-order valence-electron chi connectivity index (χ4n) is 2.42. The van der Waals surface area contributed by atoms with Crippen molar-refractivity contribution in [2.24, 2.45) is 0 Å². The second kappa shape index (κ2) is 7.38. The number of hydrogen-bond donors (Lipinski definition) is 1. The van der Waals surface area contributed by atoms with Crippen LogP contribution in [0.25, 0.3) is 0 Å². The number of benzene rings is 1. The number of carbonyl (C=O) groups is 1. The quantitative estimate of drug-likeness (QED) is 0.853. The first-order valence-electron chi connectivity index (χ1n) is 6.93. The van der Waals surface area contributed by atoms with Gasteiger partial charge in [0, 0.05) is 39.8 Å². The minimum atomic E-state index is -0.475. The van der Waals surface area contributed by atoms with Crippen LogP contribution in [0.15, 0.2) is 30.3 Å². The molecule has 1 aliphatic heterocycles. The molecule has 1 fully saturated rings. The highest BCUT2D eigenvalue weighted by atomic mass is 16.5. The summed E-state index contributed by atoms with van der Waals surface area (Å²) in [6, 6.07) is 9.67. The Balaban J connectivity index is 1.78. The fraction of sp³-hybridized carbons (Fsp3) is 0.533. The van der Waals surface area contributed by atoms with Gasteiger partial charge in [0.15, 0.2) is 0 Å². The summed E-state index contributed by atoms with van der Waals surface area (Å²) in [6.07, 6.45) is -0.475. The van der Waals surface area contributed by atoms with Crippen LogP contribution in [0.5, 0.6) is 0 Å². The molecule has 0 aliphatic carbocycles. The van der Waals surface area contributed by atoms with Gasteiger partial charge in [-0.3, -0.25) is 9.69 Å². The van der Waals surface area contributed by atoms with Gasteiger partial charge in [0.1, 0.15) is 6.61 Å². The van der Waals surface area contributed by atoms with Crippen LogP contribution >= 0.6 is 0 Å². The minimum Gasteiger partial charge on any atom is -0.387 e. The average molecular weight is 278 g/mol. The molecule has 2 rings (SSSR count). The maximum Gasteiger partial charge on any atom is 0.248 e. The molecule has 0 bridgehead atoms. The van der Waals surface area contributed by atoms with E-state index in [-0.39, 0.29) is 12.5 Å². The van der Waals surface area contributed by atoms with Crippen molar-refractivity contribution in [2.75, 3.05) is 46.4 Å². The molecule has 1 aromatic carbocycles. The van der Waals surface area contributed by atoms with E-state index in [1.165, 1.54) is 7.11 Å². The third-order valence-electron chi connectivity index (χ3n) is 3.61. The number of carbonyl (C=O) groups excluding carboxylic acids is 1. The molecule has 110 valence electrons. The van der Waals surface area contributed by atoms with Crippen molar-refractivity contribution in [1.82, 2.24) is 9.80 Å². The van der Waals surface area contributed by atoms with E-state index in [2.05, 4.69) is 4.90 Å². The number of β-amino-alcohol motifs (C(OH)–C–C–N with tert-alkyl or cyclic N) is 1. The highest BCUT2D eigenvalue weighted by Crippen LogP contribution is 2.14. The largest absolute Gasteiger partial charge is 0.387 e. The number of aliphatic hydroxyl groups excluding tert-OH is 1. The molecule has 0 spiro atoms. The van der Waals surface area contributed by atoms with E-state index >= 15 is 0 Å². The predicted octanol–water partition coefficient (Wildman–Crippen LogP) is 0.511. The molecule has 1 aliphatic rings. The van der Waals surface area contributed by atoms with Crippen LogP contribution in [-0.2, 0) is 9.53 Å². The zero-order valence-electron chi connectivity index (χ0n) is 11.9. The van der Waals surface area contributed by atoms with Crippen LogP contribution in [0.3, 0.4) is 0 Å². The van der Waals surface area contributed by atoms with Gasteiger partial charge in [-0.15, -0.1) is 0 Å². The van der Waals surface area contributed by atoms with Gasteiger partial charge in [-0.05, 0) is 5.56 Å². The van der Waals surface area contributed by atoms with Crippen LogP contribution < -0.4 is 0 Å². The Hall–Kier alpha value is -1.43. The van der Waals surface area contributed by atoms with Gasteiger partial charge in [-0.1, -0.05) is 30.3 Å². The summed E-state index contributed by atoms with van der Waals surface area (Å²) in [5.74, 6) is 0.0377. The zero-order valence-corrected chi connectivity index (χ0v) is 11.9. The molecule has 1 heterocycles. The van der Waals surface area contributed by atoms with Gasteiger partial charge in [-0.2, -0.15) is 0 Å². The van der Waals surface area contributed by atoms with Crippen molar-refractivity contribution in [3.8, 4) is 0 Å².